The molecule has 27 heavy (non-hydrogen) atoms. The van der Waals surface area contributed by atoms with Gasteiger partial charge in [0.15, 0.2) is 0 Å². The number of carbonyl (C=O) groups excluding carboxylic acids is 1. The number of anilines is 1. The average molecular weight is 362 g/mol. The second-order valence-electron chi connectivity index (χ2n) is 5.95. The fourth-order valence-corrected chi connectivity index (χ4v) is 2.63. The van der Waals surface area contributed by atoms with Gasteiger partial charge in [-0.2, -0.15) is 0 Å². The van der Waals surface area contributed by atoms with Crippen LogP contribution in [0.15, 0.2) is 67.0 Å². The van der Waals surface area contributed by atoms with Crippen LogP contribution in [0.25, 0.3) is 0 Å². The molecule has 0 aliphatic heterocycles. The van der Waals surface area contributed by atoms with Gasteiger partial charge in [0.25, 0.3) is 5.91 Å². The summed E-state index contributed by atoms with van der Waals surface area (Å²) in [7, 11) is 1.61. The number of aromatic nitrogens is 2. The smallest absolute Gasteiger partial charge is 0.254 e. The van der Waals surface area contributed by atoms with E-state index in [9.17, 15) is 4.79 Å². The number of ether oxygens (including phenoxy) is 1. The minimum absolute atomic E-state index is 0.225. The van der Waals surface area contributed by atoms with E-state index >= 15 is 0 Å². The topological polar surface area (TPSA) is 76.1 Å². The Hall–Kier alpha value is -3.41. The van der Waals surface area contributed by atoms with E-state index in [0.717, 1.165) is 24.3 Å². The molecule has 0 spiro atoms. The van der Waals surface area contributed by atoms with E-state index in [0.29, 0.717) is 18.1 Å². The van der Waals surface area contributed by atoms with Gasteiger partial charge in [-0.1, -0.05) is 48.5 Å². The molecule has 1 aromatic heterocycles. The van der Waals surface area contributed by atoms with Crippen LogP contribution in [0.4, 0.5) is 5.95 Å². The molecule has 0 atom stereocenters. The maximum Gasteiger partial charge on any atom is 0.254 e. The molecule has 138 valence electrons. The molecular formula is C21H22N4O2. The zero-order valence-corrected chi connectivity index (χ0v) is 15.2. The SMILES string of the molecule is COc1ccccc1CNC(=O)c1cnc(NCCc2ccccc2)nc1. The lowest BCUT2D eigenvalue weighted by Crippen LogP contribution is -2.23. The first-order chi connectivity index (χ1) is 13.3. The van der Waals surface area contributed by atoms with E-state index in [2.05, 4.69) is 32.7 Å². The molecule has 0 saturated heterocycles. The van der Waals surface area contributed by atoms with Gasteiger partial charge < -0.3 is 15.4 Å². The first-order valence-corrected chi connectivity index (χ1v) is 8.76. The minimum Gasteiger partial charge on any atom is -0.496 e. The van der Waals surface area contributed by atoms with Gasteiger partial charge in [0.1, 0.15) is 5.75 Å². The highest BCUT2D eigenvalue weighted by Gasteiger charge is 2.09. The van der Waals surface area contributed by atoms with Crippen LogP contribution in [0, 0.1) is 0 Å². The number of nitrogens with zero attached hydrogens (tertiary/aromatic N) is 2. The van der Waals surface area contributed by atoms with Crippen molar-refractivity contribution in [3.05, 3.63) is 83.7 Å². The van der Waals surface area contributed by atoms with Crippen LogP contribution < -0.4 is 15.4 Å². The molecule has 0 radical (unpaired) electrons. The normalized spacial score (nSPS) is 10.3. The van der Waals surface area contributed by atoms with Crippen molar-refractivity contribution >= 4 is 11.9 Å². The van der Waals surface area contributed by atoms with Crippen molar-refractivity contribution < 1.29 is 9.53 Å². The number of para-hydroxylation sites is 1. The largest absolute Gasteiger partial charge is 0.496 e. The number of amides is 1. The molecule has 0 saturated carbocycles. The number of hydrogen-bond acceptors (Lipinski definition) is 5. The summed E-state index contributed by atoms with van der Waals surface area (Å²) in [5.74, 6) is 1.02. The van der Waals surface area contributed by atoms with E-state index in [1.807, 2.05) is 42.5 Å². The predicted octanol–water partition coefficient (Wildman–Crippen LogP) is 3.07. The Balaban J connectivity index is 1.49. The summed E-state index contributed by atoms with van der Waals surface area (Å²) in [5, 5.41) is 6.02. The summed E-state index contributed by atoms with van der Waals surface area (Å²) in [6.07, 6.45) is 3.93. The molecule has 1 heterocycles. The van der Waals surface area contributed by atoms with Crippen LogP contribution in [-0.4, -0.2) is 29.5 Å². The summed E-state index contributed by atoms with van der Waals surface area (Å²) >= 11 is 0. The van der Waals surface area contributed by atoms with Gasteiger partial charge in [-0.15, -0.1) is 0 Å². The fraction of sp³-hybridized carbons (Fsp3) is 0.190. The van der Waals surface area contributed by atoms with Crippen molar-refractivity contribution in [3.8, 4) is 5.75 Å². The van der Waals surface area contributed by atoms with Crippen LogP contribution in [-0.2, 0) is 13.0 Å². The Morgan fingerprint density at radius 2 is 1.70 bits per heavy atom. The van der Waals surface area contributed by atoms with Gasteiger partial charge in [0.05, 0.1) is 12.7 Å². The highest BCUT2D eigenvalue weighted by atomic mass is 16.5. The molecule has 3 rings (SSSR count). The Labute approximate surface area is 158 Å². The fourth-order valence-electron chi connectivity index (χ4n) is 2.63. The quantitative estimate of drug-likeness (QED) is 0.644. The number of methoxy groups -OCH3 is 1. The first kappa shape index (κ1) is 18.4. The molecule has 2 aromatic carbocycles. The van der Waals surface area contributed by atoms with Gasteiger partial charge >= 0.3 is 0 Å². The lowest BCUT2D eigenvalue weighted by molar-refractivity contribution is 0.0950. The first-order valence-electron chi connectivity index (χ1n) is 8.76. The molecule has 0 aliphatic carbocycles. The van der Waals surface area contributed by atoms with Gasteiger partial charge in [0.2, 0.25) is 5.95 Å². The van der Waals surface area contributed by atoms with E-state index in [-0.39, 0.29) is 5.91 Å². The predicted molar refractivity (Wildman–Crippen MR) is 105 cm³/mol. The van der Waals surface area contributed by atoms with E-state index in [1.54, 1.807) is 7.11 Å². The van der Waals surface area contributed by atoms with Crippen molar-refractivity contribution in [2.45, 2.75) is 13.0 Å². The maximum absolute atomic E-state index is 12.3. The van der Waals surface area contributed by atoms with Gasteiger partial charge in [-0.05, 0) is 18.1 Å². The van der Waals surface area contributed by atoms with Gasteiger partial charge in [-0.25, -0.2) is 9.97 Å². The minimum atomic E-state index is -0.225. The summed E-state index contributed by atoms with van der Waals surface area (Å²) < 4.78 is 5.28. The third kappa shape index (κ3) is 5.28. The second-order valence-corrected chi connectivity index (χ2v) is 5.95. The number of carbonyl (C=O) groups is 1. The Kier molecular flexibility index (Phi) is 6.35. The van der Waals surface area contributed by atoms with Crippen molar-refractivity contribution in [2.24, 2.45) is 0 Å². The lowest BCUT2D eigenvalue weighted by atomic mass is 10.1. The molecule has 6 nitrogen and oxygen atoms in total. The van der Waals surface area contributed by atoms with Crippen LogP contribution in [0.5, 0.6) is 5.75 Å². The Morgan fingerprint density at radius 1 is 1.00 bits per heavy atom. The van der Waals surface area contributed by atoms with Crippen LogP contribution in [0.2, 0.25) is 0 Å². The maximum atomic E-state index is 12.3. The van der Waals surface area contributed by atoms with Gasteiger partial charge in [-0.3, -0.25) is 4.79 Å². The highest BCUT2D eigenvalue weighted by molar-refractivity contribution is 5.93. The monoisotopic (exact) mass is 362 g/mol. The molecule has 0 bridgehead atoms. The molecule has 2 N–H and O–H groups in total. The van der Waals surface area contributed by atoms with E-state index in [1.165, 1.54) is 18.0 Å². The Morgan fingerprint density at radius 3 is 2.44 bits per heavy atom. The molecule has 3 aromatic rings. The number of hydrogen-bond donors (Lipinski definition) is 2. The summed E-state index contributed by atoms with van der Waals surface area (Å²) in [6, 6.07) is 17.8. The summed E-state index contributed by atoms with van der Waals surface area (Å²) in [6.45, 7) is 1.10. The second kappa shape index (κ2) is 9.33. The molecule has 6 heteroatoms. The van der Waals surface area contributed by atoms with E-state index < -0.39 is 0 Å². The van der Waals surface area contributed by atoms with Crippen molar-refractivity contribution in [1.29, 1.82) is 0 Å². The van der Waals surface area contributed by atoms with Gasteiger partial charge in [0, 0.05) is 31.0 Å². The lowest BCUT2D eigenvalue weighted by Gasteiger charge is -2.09. The van der Waals surface area contributed by atoms with Crippen molar-refractivity contribution in [3.63, 3.8) is 0 Å². The zero-order valence-electron chi connectivity index (χ0n) is 15.2. The van der Waals surface area contributed by atoms with Crippen molar-refractivity contribution in [2.75, 3.05) is 19.0 Å². The van der Waals surface area contributed by atoms with E-state index in [4.69, 9.17) is 4.74 Å². The molecule has 0 aliphatic rings. The zero-order chi connectivity index (χ0) is 18.9. The number of nitrogens with one attached hydrogen (secondary N) is 2. The summed E-state index contributed by atoms with van der Waals surface area (Å²) in [4.78, 5) is 20.7. The standard InChI is InChI=1S/C21H22N4O2/c1-27-19-10-6-5-9-17(19)13-23-20(26)18-14-24-21(25-15-18)22-12-11-16-7-3-2-4-8-16/h2-10,14-15H,11-13H2,1H3,(H,23,26)(H,22,24,25). The number of rotatable bonds is 8. The number of benzene rings is 2. The van der Waals surface area contributed by atoms with Crippen LogP contribution in [0.3, 0.4) is 0 Å². The third-order valence-corrected chi connectivity index (χ3v) is 4.09. The van der Waals surface area contributed by atoms with Crippen molar-refractivity contribution in [1.82, 2.24) is 15.3 Å². The Bertz CT molecular complexity index is 867. The average Bonchev–Trinajstić information content (AvgIpc) is 2.73. The molecule has 1 amide bonds. The van der Waals surface area contributed by atoms with Crippen LogP contribution >= 0.6 is 0 Å². The molecule has 0 fully saturated rings. The van der Waals surface area contributed by atoms with Crippen LogP contribution in [0.1, 0.15) is 21.5 Å². The molecular weight excluding hydrogens is 340 g/mol. The third-order valence-electron chi connectivity index (χ3n) is 4.09. The highest BCUT2D eigenvalue weighted by Crippen LogP contribution is 2.16. The molecule has 0 unspecified atom stereocenters. The summed E-state index contributed by atoms with van der Waals surface area (Å²) in [5.41, 5.74) is 2.57.